The van der Waals surface area contributed by atoms with Crippen molar-refractivity contribution in [3.63, 3.8) is 0 Å². The molecule has 1 aliphatic rings. The molecule has 0 aromatic carbocycles. The van der Waals surface area contributed by atoms with E-state index in [1.54, 1.807) is 30.7 Å². The number of aromatic nitrogens is 3. The zero-order valence-corrected chi connectivity index (χ0v) is 19.6. The molecule has 34 heavy (non-hydrogen) atoms. The van der Waals surface area contributed by atoms with Crippen molar-refractivity contribution in [2.75, 3.05) is 0 Å². The maximum atomic E-state index is 12.1. The number of carboxylic acid groups (broad SMARTS) is 1. The molecular formula is C26H28N4O4. The molecule has 1 fully saturated rings. The number of ether oxygens (including phenoxy) is 1. The number of carbonyl (C=O) groups is 2. The van der Waals surface area contributed by atoms with Crippen molar-refractivity contribution in [3.8, 4) is 11.6 Å². The standard InChI is InChI=1S/C26H28N4O4/c1-4-18-22(8-9-23(18)31)30-24(26(32)33)19(5-2)21-7-6-17(13-28-21)34-25-20-14-27-11-10-16(20)12-15(3)29-25/h6-7,10-14,18-19,24H,4-5,8-9H2,1-3H3,(H,32,33). The number of nitrogens with zero attached hydrogens (tertiary/aromatic N) is 4. The Morgan fingerprint density at radius 2 is 2.06 bits per heavy atom. The second-order valence-corrected chi connectivity index (χ2v) is 8.53. The molecule has 176 valence electrons. The van der Waals surface area contributed by atoms with Crippen LogP contribution in [0.1, 0.15) is 56.8 Å². The minimum absolute atomic E-state index is 0.144. The van der Waals surface area contributed by atoms with Gasteiger partial charge in [-0.2, -0.15) is 0 Å². The van der Waals surface area contributed by atoms with Crippen molar-refractivity contribution in [1.29, 1.82) is 0 Å². The van der Waals surface area contributed by atoms with E-state index in [-0.39, 0.29) is 11.7 Å². The van der Waals surface area contributed by atoms with Crippen LogP contribution in [0.2, 0.25) is 0 Å². The largest absolute Gasteiger partial charge is 0.480 e. The van der Waals surface area contributed by atoms with Gasteiger partial charge in [-0.3, -0.25) is 19.8 Å². The van der Waals surface area contributed by atoms with E-state index in [4.69, 9.17) is 4.74 Å². The normalized spacial score (nSPS) is 18.9. The maximum absolute atomic E-state index is 12.1. The van der Waals surface area contributed by atoms with Crippen LogP contribution in [0.3, 0.4) is 0 Å². The van der Waals surface area contributed by atoms with Crippen LogP contribution in [0, 0.1) is 12.8 Å². The Balaban J connectivity index is 1.59. The van der Waals surface area contributed by atoms with E-state index >= 15 is 0 Å². The lowest BCUT2D eigenvalue weighted by atomic mass is 9.92. The molecule has 1 aliphatic carbocycles. The Morgan fingerprint density at radius 1 is 1.24 bits per heavy atom. The van der Waals surface area contributed by atoms with Crippen molar-refractivity contribution < 1.29 is 19.4 Å². The van der Waals surface area contributed by atoms with Crippen LogP contribution in [0.5, 0.6) is 11.6 Å². The van der Waals surface area contributed by atoms with Crippen LogP contribution in [0.25, 0.3) is 10.8 Å². The number of aryl methyl sites for hydroxylation is 1. The van der Waals surface area contributed by atoms with E-state index in [1.165, 1.54) is 0 Å². The molecule has 3 atom stereocenters. The van der Waals surface area contributed by atoms with Gasteiger partial charge >= 0.3 is 5.97 Å². The van der Waals surface area contributed by atoms with Crippen molar-refractivity contribution >= 4 is 28.2 Å². The van der Waals surface area contributed by atoms with Crippen molar-refractivity contribution in [3.05, 3.63) is 54.2 Å². The van der Waals surface area contributed by atoms with E-state index < -0.39 is 17.9 Å². The van der Waals surface area contributed by atoms with E-state index in [0.29, 0.717) is 48.7 Å². The highest BCUT2D eigenvalue weighted by molar-refractivity contribution is 6.11. The molecule has 0 amide bonds. The van der Waals surface area contributed by atoms with Gasteiger partial charge in [0.15, 0.2) is 6.04 Å². The lowest BCUT2D eigenvalue weighted by molar-refractivity contribution is -0.139. The van der Waals surface area contributed by atoms with Crippen molar-refractivity contribution in [2.45, 2.75) is 58.4 Å². The highest BCUT2D eigenvalue weighted by Gasteiger charge is 2.34. The third-order valence-electron chi connectivity index (χ3n) is 6.29. The predicted molar refractivity (Wildman–Crippen MR) is 128 cm³/mol. The fraction of sp³-hybridized carbons (Fsp3) is 0.385. The van der Waals surface area contributed by atoms with Gasteiger partial charge in [-0.25, -0.2) is 9.78 Å². The van der Waals surface area contributed by atoms with Crippen LogP contribution in [-0.2, 0) is 9.59 Å². The molecule has 8 heteroatoms. The van der Waals surface area contributed by atoms with E-state index in [9.17, 15) is 14.7 Å². The average Bonchev–Trinajstić information content (AvgIpc) is 3.18. The summed E-state index contributed by atoms with van der Waals surface area (Å²) < 4.78 is 6.00. The quantitative estimate of drug-likeness (QED) is 0.508. The summed E-state index contributed by atoms with van der Waals surface area (Å²) in [7, 11) is 0. The van der Waals surface area contributed by atoms with Crippen LogP contribution in [0.4, 0.5) is 0 Å². The number of carboxylic acids is 1. The van der Waals surface area contributed by atoms with Gasteiger partial charge in [0.25, 0.3) is 0 Å². The molecule has 3 aromatic heterocycles. The fourth-order valence-electron chi connectivity index (χ4n) is 4.54. The Kier molecular flexibility index (Phi) is 6.95. The molecule has 0 radical (unpaired) electrons. The van der Waals surface area contributed by atoms with Gasteiger partial charge in [0.2, 0.25) is 5.88 Å². The highest BCUT2D eigenvalue weighted by atomic mass is 16.5. The summed E-state index contributed by atoms with van der Waals surface area (Å²) >= 11 is 0. The molecule has 1 N–H and O–H groups in total. The number of fused-ring (bicyclic) bond motifs is 1. The first-order chi connectivity index (χ1) is 16.4. The Hall–Kier alpha value is -3.68. The van der Waals surface area contributed by atoms with Gasteiger partial charge in [-0.05, 0) is 55.8 Å². The smallest absolute Gasteiger partial charge is 0.329 e. The number of rotatable bonds is 8. The Labute approximate surface area is 198 Å². The Bertz CT molecular complexity index is 1240. The fourth-order valence-corrected chi connectivity index (χ4v) is 4.54. The predicted octanol–water partition coefficient (Wildman–Crippen LogP) is 4.90. The zero-order valence-electron chi connectivity index (χ0n) is 19.6. The topological polar surface area (TPSA) is 115 Å². The van der Waals surface area contributed by atoms with Gasteiger partial charge in [-0.15, -0.1) is 0 Å². The number of pyridine rings is 3. The molecule has 3 unspecified atom stereocenters. The molecule has 3 aromatic rings. The first kappa shape index (κ1) is 23.5. The molecular weight excluding hydrogens is 432 g/mol. The lowest BCUT2D eigenvalue weighted by Gasteiger charge is -2.21. The van der Waals surface area contributed by atoms with E-state index in [1.807, 2.05) is 32.9 Å². The van der Waals surface area contributed by atoms with Gasteiger partial charge in [0.1, 0.15) is 11.5 Å². The second-order valence-electron chi connectivity index (χ2n) is 8.53. The number of carbonyl (C=O) groups excluding carboxylic acids is 1. The van der Waals surface area contributed by atoms with Crippen LogP contribution in [-0.4, -0.2) is 43.6 Å². The number of aliphatic carboxylic acids is 1. The first-order valence-electron chi connectivity index (χ1n) is 11.6. The number of hydrogen-bond acceptors (Lipinski definition) is 7. The monoisotopic (exact) mass is 460 g/mol. The van der Waals surface area contributed by atoms with Gasteiger partial charge in [0, 0.05) is 41.8 Å². The molecule has 0 saturated heterocycles. The number of aliphatic imine (C=N–C) groups is 1. The third kappa shape index (κ3) is 4.81. The number of Topliss-reactive ketones (excluding diaryl/α,β-unsaturated/α-hetero) is 1. The summed E-state index contributed by atoms with van der Waals surface area (Å²) in [5, 5.41) is 11.7. The summed E-state index contributed by atoms with van der Waals surface area (Å²) in [6.07, 6.45) is 7.15. The SMILES string of the molecule is CCC1C(=O)CCC1=NC(C(=O)O)C(CC)c1ccc(Oc2nc(C)cc3ccncc23)cn1. The van der Waals surface area contributed by atoms with Crippen molar-refractivity contribution in [2.24, 2.45) is 10.9 Å². The van der Waals surface area contributed by atoms with Gasteiger partial charge in [-0.1, -0.05) is 13.8 Å². The van der Waals surface area contributed by atoms with Crippen LogP contribution in [0.15, 0.2) is 47.8 Å². The van der Waals surface area contributed by atoms with Crippen LogP contribution < -0.4 is 4.74 Å². The van der Waals surface area contributed by atoms with Gasteiger partial charge < -0.3 is 9.84 Å². The molecule has 0 aliphatic heterocycles. The molecule has 0 bridgehead atoms. The highest BCUT2D eigenvalue weighted by Crippen LogP contribution is 2.31. The van der Waals surface area contributed by atoms with Crippen molar-refractivity contribution in [1.82, 2.24) is 15.0 Å². The average molecular weight is 461 g/mol. The summed E-state index contributed by atoms with van der Waals surface area (Å²) in [5.74, 6) is -0.628. The molecule has 0 spiro atoms. The molecule has 8 nitrogen and oxygen atoms in total. The summed E-state index contributed by atoms with van der Waals surface area (Å²) in [6, 6.07) is 6.40. The van der Waals surface area contributed by atoms with E-state index in [2.05, 4.69) is 19.9 Å². The Morgan fingerprint density at radius 3 is 2.74 bits per heavy atom. The number of ketones is 1. The summed E-state index contributed by atoms with van der Waals surface area (Å²) in [6.45, 7) is 5.74. The second kappa shape index (κ2) is 10.1. The zero-order chi connectivity index (χ0) is 24.2. The third-order valence-corrected chi connectivity index (χ3v) is 6.29. The number of hydrogen-bond donors (Lipinski definition) is 1. The summed E-state index contributed by atoms with van der Waals surface area (Å²) in [5.41, 5.74) is 2.14. The summed E-state index contributed by atoms with van der Waals surface area (Å²) in [4.78, 5) is 42.0. The first-order valence-corrected chi connectivity index (χ1v) is 11.6. The molecule has 3 heterocycles. The minimum Gasteiger partial charge on any atom is -0.480 e. The van der Waals surface area contributed by atoms with E-state index in [0.717, 1.165) is 16.5 Å². The lowest BCUT2D eigenvalue weighted by Crippen LogP contribution is -2.29. The molecule has 4 rings (SSSR count). The maximum Gasteiger partial charge on any atom is 0.329 e. The molecule has 1 saturated carbocycles. The minimum atomic E-state index is -1.02. The van der Waals surface area contributed by atoms with Gasteiger partial charge in [0.05, 0.1) is 17.5 Å². The van der Waals surface area contributed by atoms with Crippen LogP contribution >= 0.6 is 0 Å².